The van der Waals surface area contributed by atoms with E-state index in [-0.39, 0.29) is 5.54 Å². The van der Waals surface area contributed by atoms with Crippen LogP contribution in [0.3, 0.4) is 0 Å². The highest BCUT2D eigenvalue weighted by Gasteiger charge is 2.31. The second-order valence-electron chi connectivity index (χ2n) is 6.00. The lowest BCUT2D eigenvalue weighted by Gasteiger charge is -2.33. The molecule has 1 fully saturated rings. The van der Waals surface area contributed by atoms with Crippen LogP contribution in [-0.4, -0.2) is 12.1 Å². The first-order chi connectivity index (χ1) is 9.28. The third-order valence-corrected chi connectivity index (χ3v) is 5.48. The number of thiophene rings is 1. The summed E-state index contributed by atoms with van der Waals surface area (Å²) in [6.07, 6.45) is 9.29. The van der Waals surface area contributed by atoms with Crippen LogP contribution in [0, 0.1) is 5.92 Å². The molecule has 1 aliphatic carbocycles. The lowest BCUT2D eigenvalue weighted by molar-refractivity contribution is 0.285. The van der Waals surface area contributed by atoms with Crippen molar-refractivity contribution in [3.63, 3.8) is 0 Å². The van der Waals surface area contributed by atoms with Gasteiger partial charge in [0, 0.05) is 23.5 Å². The van der Waals surface area contributed by atoms with Crippen molar-refractivity contribution in [2.75, 3.05) is 6.54 Å². The van der Waals surface area contributed by atoms with Crippen molar-refractivity contribution in [3.8, 4) is 0 Å². The van der Waals surface area contributed by atoms with E-state index in [1.165, 1.54) is 49.8 Å². The minimum absolute atomic E-state index is 0.187. The summed E-state index contributed by atoms with van der Waals surface area (Å²) in [5.41, 5.74) is 6.29. The quantitative estimate of drug-likeness (QED) is 0.775. The number of hydrogen-bond donors (Lipinski definition) is 2. The summed E-state index contributed by atoms with van der Waals surface area (Å²) < 4.78 is 0. The van der Waals surface area contributed by atoms with Crippen molar-refractivity contribution in [2.24, 2.45) is 11.7 Å². The fourth-order valence-electron chi connectivity index (χ4n) is 3.32. The van der Waals surface area contributed by atoms with E-state index in [9.17, 15) is 0 Å². The summed E-state index contributed by atoms with van der Waals surface area (Å²) in [5.74, 6) is 0.932. The van der Waals surface area contributed by atoms with Gasteiger partial charge in [0.1, 0.15) is 0 Å². The van der Waals surface area contributed by atoms with Gasteiger partial charge in [-0.25, -0.2) is 0 Å². The van der Waals surface area contributed by atoms with Gasteiger partial charge in [0.25, 0.3) is 0 Å². The average molecular weight is 280 g/mol. The van der Waals surface area contributed by atoms with E-state index in [4.69, 9.17) is 5.73 Å². The molecular formula is C16H28N2S. The zero-order chi connectivity index (χ0) is 13.6. The van der Waals surface area contributed by atoms with Crippen LogP contribution in [0.2, 0.25) is 0 Å². The van der Waals surface area contributed by atoms with Gasteiger partial charge < -0.3 is 11.1 Å². The molecule has 0 aromatic carbocycles. The van der Waals surface area contributed by atoms with Gasteiger partial charge in [0.05, 0.1) is 0 Å². The molecule has 1 aromatic rings. The van der Waals surface area contributed by atoms with E-state index < -0.39 is 0 Å². The zero-order valence-electron chi connectivity index (χ0n) is 12.2. The zero-order valence-corrected chi connectivity index (χ0v) is 13.0. The minimum Gasteiger partial charge on any atom is -0.329 e. The average Bonchev–Trinajstić information content (AvgIpc) is 2.87. The molecule has 0 saturated heterocycles. The van der Waals surface area contributed by atoms with Crippen molar-refractivity contribution in [3.05, 3.63) is 22.4 Å². The van der Waals surface area contributed by atoms with Crippen LogP contribution < -0.4 is 11.1 Å². The monoisotopic (exact) mass is 280 g/mol. The third kappa shape index (κ3) is 4.30. The van der Waals surface area contributed by atoms with Crippen LogP contribution >= 0.6 is 11.3 Å². The van der Waals surface area contributed by atoms with E-state index in [1.807, 2.05) is 11.3 Å². The second kappa shape index (κ2) is 7.41. The Balaban J connectivity index is 1.90. The van der Waals surface area contributed by atoms with E-state index in [2.05, 4.69) is 29.8 Å². The molecule has 2 atom stereocenters. The highest BCUT2D eigenvalue weighted by molar-refractivity contribution is 7.09. The van der Waals surface area contributed by atoms with Gasteiger partial charge in [0.2, 0.25) is 0 Å². The Kier molecular flexibility index (Phi) is 5.86. The van der Waals surface area contributed by atoms with Crippen LogP contribution in [0.5, 0.6) is 0 Å². The first-order valence-corrected chi connectivity index (χ1v) is 8.63. The van der Waals surface area contributed by atoms with Crippen LogP contribution in [0.4, 0.5) is 0 Å². The van der Waals surface area contributed by atoms with Gasteiger partial charge in [-0.3, -0.25) is 0 Å². The highest BCUT2D eigenvalue weighted by Crippen LogP contribution is 2.32. The van der Waals surface area contributed by atoms with Gasteiger partial charge in [-0.15, -0.1) is 11.3 Å². The van der Waals surface area contributed by atoms with Crippen molar-refractivity contribution in [1.29, 1.82) is 0 Å². The van der Waals surface area contributed by atoms with Crippen LogP contribution in [-0.2, 0) is 6.54 Å². The Morgan fingerprint density at radius 3 is 3.00 bits per heavy atom. The van der Waals surface area contributed by atoms with E-state index in [1.54, 1.807) is 0 Å². The fraction of sp³-hybridized carbons (Fsp3) is 0.750. The standard InChI is InChI=1S/C16H28N2S/c1-2-5-14-6-3-9-16(13-17,10-8-14)18-12-15-7-4-11-19-15/h4,7,11,14,18H,2-3,5-6,8-10,12-13,17H2,1H3. The summed E-state index contributed by atoms with van der Waals surface area (Å²) in [4.78, 5) is 1.42. The Morgan fingerprint density at radius 1 is 1.42 bits per heavy atom. The van der Waals surface area contributed by atoms with E-state index in [0.717, 1.165) is 19.0 Å². The number of rotatable bonds is 6. The predicted molar refractivity (Wildman–Crippen MR) is 84.4 cm³/mol. The van der Waals surface area contributed by atoms with Crippen molar-refractivity contribution in [1.82, 2.24) is 5.32 Å². The van der Waals surface area contributed by atoms with Crippen LogP contribution in [0.15, 0.2) is 17.5 Å². The lowest BCUT2D eigenvalue weighted by Crippen LogP contribution is -2.50. The topological polar surface area (TPSA) is 38.0 Å². The molecule has 2 nitrogen and oxygen atoms in total. The van der Waals surface area contributed by atoms with Gasteiger partial charge >= 0.3 is 0 Å². The molecule has 2 rings (SSSR count). The Morgan fingerprint density at radius 2 is 2.32 bits per heavy atom. The van der Waals surface area contributed by atoms with Crippen LogP contribution in [0.1, 0.15) is 56.7 Å². The Bertz CT molecular complexity index is 350. The van der Waals surface area contributed by atoms with Crippen molar-refractivity contribution < 1.29 is 0 Å². The van der Waals surface area contributed by atoms with Crippen molar-refractivity contribution >= 4 is 11.3 Å². The largest absolute Gasteiger partial charge is 0.329 e. The highest BCUT2D eigenvalue weighted by atomic mass is 32.1. The molecule has 0 radical (unpaired) electrons. The number of nitrogens with two attached hydrogens (primary N) is 1. The Labute approximate surface area is 121 Å². The molecule has 3 N–H and O–H groups in total. The number of hydrogen-bond acceptors (Lipinski definition) is 3. The van der Waals surface area contributed by atoms with Gasteiger partial charge in [-0.05, 0) is 36.6 Å². The summed E-state index contributed by atoms with van der Waals surface area (Å²) >= 11 is 1.83. The Hall–Kier alpha value is -0.380. The summed E-state index contributed by atoms with van der Waals surface area (Å²) in [6.45, 7) is 4.06. The van der Waals surface area contributed by atoms with Gasteiger partial charge in [-0.2, -0.15) is 0 Å². The molecule has 1 aromatic heterocycles. The molecule has 108 valence electrons. The second-order valence-corrected chi connectivity index (χ2v) is 7.04. The maximum Gasteiger partial charge on any atom is 0.0307 e. The van der Waals surface area contributed by atoms with Gasteiger partial charge in [-0.1, -0.05) is 38.7 Å². The maximum absolute atomic E-state index is 6.11. The maximum atomic E-state index is 6.11. The molecule has 1 aliphatic rings. The predicted octanol–water partition coefficient (Wildman–Crippen LogP) is 3.92. The molecule has 0 spiro atoms. The summed E-state index contributed by atoms with van der Waals surface area (Å²) in [7, 11) is 0. The normalized spacial score (nSPS) is 28.2. The number of nitrogens with one attached hydrogen (secondary N) is 1. The SMILES string of the molecule is CCCC1CCCC(CN)(NCc2cccs2)CC1. The van der Waals surface area contributed by atoms with Crippen LogP contribution in [0.25, 0.3) is 0 Å². The molecule has 3 heteroatoms. The molecule has 19 heavy (non-hydrogen) atoms. The molecular weight excluding hydrogens is 252 g/mol. The smallest absolute Gasteiger partial charge is 0.0307 e. The molecule has 1 heterocycles. The van der Waals surface area contributed by atoms with Gasteiger partial charge in [0.15, 0.2) is 0 Å². The molecule has 1 saturated carbocycles. The first-order valence-electron chi connectivity index (χ1n) is 7.75. The van der Waals surface area contributed by atoms with E-state index >= 15 is 0 Å². The molecule has 0 amide bonds. The lowest BCUT2D eigenvalue weighted by atomic mass is 9.89. The minimum atomic E-state index is 0.187. The third-order valence-electron chi connectivity index (χ3n) is 4.60. The first kappa shape index (κ1) is 15.0. The van der Waals surface area contributed by atoms with E-state index in [0.29, 0.717) is 0 Å². The molecule has 0 bridgehead atoms. The fourth-order valence-corrected chi connectivity index (χ4v) is 3.96. The summed E-state index contributed by atoms with van der Waals surface area (Å²) in [6, 6.07) is 4.33. The molecule has 0 aliphatic heterocycles. The van der Waals surface area contributed by atoms with Crippen molar-refractivity contribution in [2.45, 2.75) is 64.0 Å². The molecule has 2 unspecified atom stereocenters. The summed E-state index contributed by atoms with van der Waals surface area (Å²) in [5, 5.41) is 5.92.